The van der Waals surface area contributed by atoms with Crippen molar-refractivity contribution in [2.24, 2.45) is 0 Å². The molecule has 0 atom stereocenters. The van der Waals surface area contributed by atoms with E-state index < -0.39 is 0 Å². The molecule has 0 bridgehead atoms. The molecular weight excluding hydrogens is 308 g/mol. The third-order valence-electron chi connectivity index (χ3n) is 4.71. The lowest BCUT2D eigenvalue weighted by molar-refractivity contribution is 0.0693. The number of aromatic nitrogens is 3. The molecule has 1 saturated heterocycles. The normalized spacial score (nSPS) is 16.0. The number of hydrogen-bond donors (Lipinski definition) is 1. The molecule has 1 aliphatic heterocycles. The van der Waals surface area contributed by atoms with E-state index in [9.17, 15) is 9.59 Å². The fourth-order valence-electron chi connectivity index (χ4n) is 3.46. The van der Waals surface area contributed by atoms with Crippen LogP contribution in [0.15, 0.2) is 39.8 Å². The molecule has 24 heavy (non-hydrogen) atoms. The minimum atomic E-state index is -0.198. The summed E-state index contributed by atoms with van der Waals surface area (Å²) in [7, 11) is 0. The largest absolute Gasteiger partial charge is 0.461 e. The van der Waals surface area contributed by atoms with Crippen LogP contribution in [0.2, 0.25) is 0 Å². The lowest BCUT2D eigenvalue weighted by Crippen LogP contribution is -2.40. The average molecular weight is 326 g/mol. The number of fused-ring (bicyclic) bond motifs is 1. The van der Waals surface area contributed by atoms with Crippen molar-refractivity contribution in [2.75, 3.05) is 13.1 Å². The third-order valence-corrected chi connectivity index (χ3v) is 4.71. The van der Waals surface area contributed by atoms with Crippen LogP contribution in [0.25, 0.3) is 11.0 Å². The summed E-state index contributed by atoms with van der Waals surface area (Å²) in [6, 6.07) is 7.68. The molecule has 1 amide bonds. The zero-order valence-corrected chi connectivity index (χ0v) is 13.4. The summed E-state index contributed by atoms with van der Waals surface area (Å²) in [5, 5.41) is 7.04. The number of rotatable bonds is 2. The molecule has 0 spiro atoms. The molecule has 0 radical (unpaired) electrons. The highest BCUT2D eigenvalue weighted by Gasteiger charge is 2.28. The lowest BCUT2D eigenvalue weighted by atomic mass is 10.0. The Kier molecular flexibility index (Phi) is 3.48. The second-order valence-electron chi connectivity index (χ2n) is 6.12. The molecule has 3 heterocycles. The molecule has 4 rings (SSSR count). The fourth-order valence-corrected chi connectivity index (χ4v) is 3.46. The van der Waals surface area contributed by atoms with Gasteiger partial charge in [0.25, 0.3) is 5.91 Å². The Hall–Kier alpha value is -2.83. The van der Waals surface area contributed by atoms with Crippen molar-refractivity contribution in [1.29, 1.82) is 0 Å². The van der Waals surface area contributed by atoms with Gasteiger partial charge < -0.3 is 9.32 Å². The summed E-state index contributed by atoms with van der Waals surface area (Å²) in [5.41, 5.74) is 1.18. The van der Waals surface area contributed by atoms with E-state index in [1.807, 2.05) is 36.1 Å². The number of carbonyl (C=O) groups excluding carboxylic acids is 1. The Balaban J connectivity index is 1.55. The van der Waals surface area contributed by atoms with Crippen LogP contribution >= 0.6 is 0 Å². The molecule has 0 aliphatic carbocycles. The van der Waals surface area contributed by atoms with E-state index in [4.69, 9.17) is 4.42 Å². The SMILES string of the molecule is Cc1oc2ccccc2c1C(=O)N1CCC(n2cn[nH]c2=O)CC1. The van der Waals surface area contributed by atoms with Gasteiger partial charge in [0.1, 0.15) is 17.7 Å². The first-order valence-corrected chi connectivity index (χ1v) is 8.04. The van der Waals surface area contributed by atoms with Gasteiger partial charge in [-0.15, -0.1) is 0 Å². The summed E-state index contributed by atoms with van der Waals surface area (Å²) in [4.78, 5) is 26.4. The van der Waals surface area contributed by atoms with Crippen LogP contribution in [-0.2, 0) is 0 Å². The van der Waals surface area contributed by atoms with Crippen LogP contribution in [-0.4, -0.2) is 38.7 Å². The van der Waals surface area contributed by atoms with E-state index in [1.165, 1.54) is 6.33 Å². The Labute approximate surface area is 137 Å². The van der Waals surface area contributed by atoms with E-state index in [2.05, 4.69) is 10.2 Å². The average Bonchev–Trinajstić information content (AvgIpc) is 3.16. The zero-order chi connectivity index (χ0) is 16.7. The quantitative estimate of drug-likeness (QED) is 0.781. The number of carbonyl (C=O) groups is 1. The highest BCUT2D eigenvalue weighted by molar-refractivity contribution is 6.07. The van der Waals surface area contributed by atoms with Crippen molar-refractivity contribution in [3.8, 4) is 0 Å². The van der Waals surface area contributed by atoms with Crippen LogP contribution in [0.1, 0.15) is 35.0 Å². The number of furan rings is 1. The maximum absolute atomic E-state index is 12.9. The highest BCUT2D eigenvalue weighted by Crippen LogP contribution is 2.28. The second kappa shape index (κ2) is 5.67. The van der Waals surface area contributed by atoms with Crippen molar-refractivity contribution in [1.82, 2.24) is 19.7 Å². The first kappa shape index (κ1) is 14.7. The minimum Gasteiger partial charge on any atom is -0.461 e. The van der Waals surface area contributed by atoms with Gasteiger partial charge in [0.05, 0.1) is 5.56 Å². The van der Waals surface area contributed by atoms with Crippen LogP contribution < -0.4 is 5.69 Å². The van der Waals surface area contributed by atoms with E-state index >= 15 is 0 Å². The predicted molar refractivity (Wildman–Crippen MR) is 88.0 cm³/mol. The maximum atomic E-state index is 12.9. The van der Waals surface area contributed by atoms with Crippen molar-refractivity contribution >= 4 is 16.9 Å². The molecule has 1 fully saturated rings. The number of nitrogens with zero attached hydrogens (tertiary/aromatic N) is 3. The summed E-state index contributed by atoms with van der Waals surface area (Å²) in [6.45, 7) is 3.05. The number of piperidine rings is 1. The number of aryl methyl sites for hydroxylation is 1. The molecule has 7 heteroatoms. The molecule has 2 aromatic heterocycles. The van der Waals surface area contributed by atoms with E-state index in [1.54, 1.807) is 4.57 Å². The monoisotopic (exact) mass is 326 g/mol. The number of nitrogens with one attached hydrogen (secondary N) is 1. The van der Waals surface area contributed by atoms with Gasteiger partial charge in [-0.1, -0.05) is 18.2 Å². The molecule has 7 nitrogen and oxygen atoms in total. The maximum Gasteiger partial charge on any atom is 0.343 e. The predicted octanol–water partition coefficient (Wildman–Crippen LogP) is 2.10. The highest BCUT2D eigenvalue weighted by atomic mass is 16.3. The Morgan fingerprint density at radius 3 is 2.75 bits per heavy atom. The number of hydrogen-bond acceptors (Lipinski definition) is 4. The van der Waals surface area contributed by atoms with Gasteiger partial charge in [0, 0.05) is 24.5 Å². The first-order chi connectivity index (χ1) is 11.6. The molecule has 1 aliphatic rings. The van der Waals surface area contributed by atoms with Crippen molar-refractivity contribution in [2.45, 2.75) is 25.8 Å². The number of likely N-dealkylation sites (tertiary alicyclic amines) is 1. The lowest BCUT2D eigenvalue weighted by Gasteiger charge is -2.32. The van der Waals surface area contributed by atoms with Crippen LogP contribution in [0, 0.1) is 6.92 Å². The van der Waals surface area contributed by atoms with Gasteiger partial charge in [-0.25, -0.2) is 9.89 Å². The number of H-pyrrole nitrogens is 1. The molecule has 3 aromatic rings. The van der Waals surface area contributed by atoms with E-state index in [-0.39, 0.29) is 17.6 Å². The van der Waals surface area contributed by atoms with Gasteiger partial charge in [0.15, 0.2) is 0 Å². The van der Waals surface area contributed by atoms with E-state index in [0.717, 1.165) is 23.8 Å². The van der Waals surface area contributed by atoms with Crippen LogP contribution in [0.5, 0.6) is 0 Å². The third kappa shape index (κ3) is 2.33. The molecule has 124 valence electrons. The van der Waals surface area contributed by atoms with Gasteiger partial charge in [-0.2, -0.15) is 5.10 Å². The smallest absolute Gasteiger partial charge is 0.343 e. The Morgan fingerprint density at radius 1 is 1.29 bits per heavy atom. The van der Waals surface area contributed by atoms with Gasteiger partial charge >= 0.3 is 5.69 Å². The zero-order valence-electron chi connectivity index (χ0n) is 13.4. The second-order valence-corrected chi connectivity index (χ2v) is 6.12. The number of amides is 1. The molecule has 1 N–H and O–H groups in total. The van der Waals surface area contributed by atoms with Crippen molar-refractivity contribution < 1.29 is 9.21 Å². The van der Waals surface area contributed by atoms with Gasteiger partial charge in [-0.05, 0) is 25.8 Å². The van der Waals surface area contributed by atoms with Gasteiger partial charge in [-0.3, -0.25) is 9.36 Å². The molecule has 0 saturated carbocycles. The van der Waals surface area contributed by atoms with Crippen LogP contribution in [0.4, 0.5) is 0 Å². The summed E-state index contributed by atoms with van der Waals surface area (Å²) < 4.78 is 7.31. The van der Waals surface area contributed by atoms with E-state index in [0.29, 0.717) is 24.4 Å². The fraction of sp³-hybridized carbons (Fsp3) is 0.353. The summed E-state index contributed by atoms with van der Waals surface area (Å²) >= 11 is 0. The summed E-state index contributed by atoms with van der Waals surface area (Å²) in [5.74, 6) is 0.643. The standard InChI is InChI=1S/C17H18N4O3/c1-11-15(13-4-2-3-5-14(13)24-11)16(22)20-8-6-12(7-9-20)21-10-18-19-17(21)23/h2-5,10,12H,6-9H2,1H3,(H,19,23). The number of benzene rings is 1. The Morgan fingerprint density at radius 2 is 2.04 bits per heavy atom. The van der Waals surface area contributed by atoms with Crippen molar-refractivity contribution in [3.63, 3.8) is 0 Å². The van der Waals surface area contributed by atoms with Crippen LogP contribution in [0.3, 0.4) is 0 Å². The Bertz CT molecular complexity index is 944. The first-order valence-electron chi connectivity index (χ1n) is 8.04. The van der Waals surface area contributed by atoms with Gasteiger partial charge in [0.2, 0.25) is 0 Å². The van der Waals surface area contributed by atoms with Crippen molar-refractivity contribution in [3.05, 3.63) is 52.4 Å². The molecule has 0 unspecified atom stereocenters. The number of para-hydroxylation sites is 1. The molecular formula is C17H18N4O3. The number of aromatic amines is 1. The summed E-state index contributed by atoms with van der Waals surface area (Å²) in [6.07, 6.45) is 3.00. The topological polar surface area (TPSA) is 84.1 Å². The molecule has 1 aromatic carbocycles. The minimum absolute atomic E-state index is 0.00422.